The van der Waals surface area contributed by atoms with E-state index in [1.165, 1.54) is 0 Å². The van der Waals surface area contributed by atoms with Crippen LogP contribution in [0, 0.1) is 6.92 Å². The van der Waals surface area contributed by atoms with Crippen molar-refractivity contribution < 1.29 is 14.3 Å². The smallest absolute Gasteiger partial charge is 0.270 e. The standard InChI is InChI=1S/C15H22N4O3/c1-10-18-19-14(22-10)13-12(6-5-7-16-13)21-9-11(20)8-17-15(2,3)4/h5-7,11,17,20H,8-9H2,1-4H3. The third-order valence-electron chi connectivity index (χ3n) is 2.80. The van der Waals surface area contributed by atoms with E-state index in [0.29, 0.717) is 29.8 Å². The van der Waals surface area contributed by atoms with E-state index in [1.807, 2.05) is 20.8 Å². The summed E-state index contributed by atoms with van der Waals surface area (Å²) in [6.45, 7) is 8.42. The van der Waals surface area contributed by atoms with Crippen molar-refractivity contribution in [2.24, 2.45) is 0 Å². The summed E-state index contributed by atoms with van der Waals surface area (Å²) in [6.07, 6.45) is 0.996. The van der Waals surface area contributed by atoms with Crippen LogP contribution in [0.25, 0.3) is 11.6 Å². The van der Waals surface area contributed by atoms with E-state index in [-0.39, 0.29) is 12.1 Å². The van der Waals surface area contributed by atoms with Gasteiger partial charge in [0, 0.05) is 25.2 Å². The second kappa shape index (κ2) is 6.85. The van der Waals surface area contributed by atoms with Crippen LogP contribution in [0.4, 0.5) is 0 Å². The Morgan fingerprint density at radius 1 is 1.36 bits per heavy atom. The topological polar surface area (TPSA) is 93.3 Å². The molecule has 120 valence electrons. The molecule has 1 unspecified atom stereocenters. The maximum atomic E-state index is 9.98. The fourth-order valence-corrected chi connectivity index (χ4v) is 1.73. The van der Waals surface area contributed by atoms with E-state index < -0.39 is 6.10 Å². The van der Waals surface area contributed by atoms with Crippen molar-refractivity contribution in [2.75, 3.05) is 13.2 Å². The Morgan fingerprint density at radius 2 is 2.14 bits per heavy atom. The van der Waals surface area contributed by atoms with Crippen molar-refractivity contribution in [3.8, 4) is 17.3 Å². The average Bonchev–Trinajstić information content (AvgIpc) is 2.89. The van der Waals surface area contributed by atoms with Gasteiger partial charge in [-0.2, -0.15) is 0 Å². The zero-order chi connectivity index (χ0) is 16.2. The minimum Gasteiger partial charge on any atom is -0.488 e. The molecule has 2 aromatic rings. The van der Waals surface area contributed by atoms with E-state index in [1.54, 1.807) is 25.3 Å². The number of pyridine rings is 1. The molecule has 0 saturated heterocycles. The minimum atomic E-state index is -0.628. The van der Waals surface area contributed by atoms with Crippen LogP contribution in [0.2, 0.25) is 0 Å². The lowest BCUT2D eigenvalue weighted by molar-refractivity contribution is 0.100. The highest BCUT2D eigenvalue weighted by Gasteiger charge is 2.16. The van der Waals surface area contributed by atoms with Gasteiger partial charge in [0.05, 0.1) is 0 Å². The van der Waals surface area contributed by atoms with E-state index in [9.17, 15) is 5.11 Å². The summed E-state index contributed by atoms with van der Waals surface area (Å²) >= 11 is 0. The Labute approximate surface area is 129 Å². The quantitative estimate of drug-likeness (QED) is 0.836. The van der Waals surface area contributed by atoms with Crippen LogP contribution in [0.3, 0.4) is 0 Å². The highest BCUT2D eigenvalue weighted by atomic mass is 16.5. The van der Waals surface area contributed by atoms with Gasteiger partial charge in [0.1, 0.15) is 12.7 Å². The molecule has 7 heteroatoms. The highest BCUT2D eigenvalue weighted by molar-refractivity contribution is 5.56. The molecule has 22 heavy (non-hydrogen) atoms. The first kappa shape index (κ1) is 16.4. The third-order valence-corrected chi connectivity index (χ3v) is 2.80. The molecule has 2 N–H and O–H groups in total. The van der Waals surface area contributed by atoms with Crippen LogP contribution in [0.1, 0.15) is 26.7 Å². The van der Waals surface area contributed by atoms with Crippen LogP contribution < -0.4 is 10.1 Å². The summed E-state index contributed by atoms with van der Waals surface area (Å²) in [4.78, 5) is 4.21. The second-order valence-electron chi connectivity index (χ2n) is 6.07. The summed E-state index contributed by atoms with van der Waals surface area (Å²) in [7, 11) is 0. The van der Waals surface area contributed by atoms with Gasteiger partial charge in [-0.1, -0.05) is 0 Å². The molecular formula is C15H22N4O3. The summed E-state index contributed by atoms with van der Waals surface area (Å²) < 4.78 is 11.0. The first-order valence-electron chi connectivity index (χ1n) is 7.16. The molecule has 0 spiro atoms. The summed E-state index contributed by atoms with van der Waals surface area (Å²) in [6, 6.07) is 3.51. The third kappa shape index (κ3) is 4.78. The number of aliphatic hydroxyl groups excluding tert-OH is 1. The van der Waals surface area contributed by atoms with Gasteiger partial charge in [0.2, 0.25) is 5.89 Å². The van der Waals surface area contributed by atoms with Crippen LogP contribution in [0.15, 0.2) is 22.7 Å². The Balaban J connectivity index is 1.99. The maximum Gasteiger partial charge on any atom is 0.270 e. The Morgan fingerprint density at radius 3 is 2.77 bits per heavy atom. The van der Waals surface area contributed by atoms with Gasteiger partial charge < -0.3 is 19.6 Å². The first-order valence-corrected chi connectivity index (χ1v) is 7.16. The lowest BCUT2D eigenvalue weighted by Crippen LogP contribution is -2.42. The molecule has 2 aromatic heterocycles. The first-order chi connectivity index (χ1) is 10.3. The van der Waals surface area contributed by atoms with Crippen molar-refractivity contribution in [3.05, 3.63) is 24.2 Å². The van der Waals surface area contributed by atoms with Crippen LogP contribution in [-0.2, 0) is 0 Å². The van der Waals surface area contributed by atoms with Crippen molar-refractivity contribution >= 4 is 0 Å². The fraction of sp³-hybridized carbons (Fsp3) is 0.533. The van der Waals surface area contributed by atoms with Gasteiger partial charge >= 0.3 is 0 Å². The van der Waals surface area contributed by atoms with Gasteiger partial charge in [-0.25, -0.2) is 4.98 Å². The zero-order valence-electron chi connectivity index (χ0n) is 13.3. The molecule has 0 aliphatic heterocycles. The largest absolute Gasteiger partial charge is 0.488 e. The predicted octanol–water partition coefficient (Wildman–Crippen LogP) is 1.57. The number of hydrogen-bond acceptors (Lipinski definition) is 7. The Bertz CT molecular complexity index is 607. The molecule has 0 saturated carbocycles. The van der Waals surface area contributed by atoms with Gasteiger partial charge in [-0.15, -0.1) is 10.2 Å². The average molecular weight is 306 g/mol. The van der Waals surface area contributed by atoms with Crippen molar-refractivity contribution in [3.63, 3.8) is 0 Å². The van der Waals surface area contributed by atoms with Crippen molar-refractivity contribution in [1.82, 2.24) is 20.5 Å². The lowest BCUT2D eigenvalue weighted by atomic mass is 10.1. The summed E-state index contributed by atoms with van der Waals surface area (Å²) in [5.74, 6) is 1.26. The molecular weight excluding hydrogens is 284 g/mol. The van der Waals surface area contributed by atoms with Crippen molar-refractivity contribution in [2.45, 2.75) is 39.3 Å². The highest BCUT2D eigenvalue weighted by Crippen LogP contribution is 2.26. The van der Waals surface area contributed by atoms with E-state index in [4.69, 9.17) is 9.15 Å². The van der Waals surface area contributed by atoms with E-state index >= 15 is 0 Å². The number of aliphatic hydroxyl groups is 1. The molecule has 0 bridgehead atoms. The number of rotatable bonds is 6. The molecule has 0 radical (unpaired) electrons. The number of aromatic nitrogens is 3. The number of β-amino-alcohol motifs (C(OH)–C–C–N with tert-alkyl or cyclic N) is 1. The molecule has 2 heterocycles. The molecule has 0 fully saturated rings. The number of nitrogens with zero attached hydrogens (tertiary/aromatic N) is 3. The van der Waals surface area contributed by atoms with Gasteiger partial charge in [-0.3, -0.25) is 0 Å². The van der Waals surface area contributed by atoms with E-state index in [2.05, 4.69) is 20.5 Å². The van der Waals surface area contributed by atoms with Crippen LogP contribution in [-0.4, -0.2) is 45.1 Å². The zero-order valence-corrected chi connectivity index (χ0v) is 13.3. The van der Waals surface area contributed by atoms with Crippen LogP contribution >= 0.6 is 0 Å². The SMILES string of the molecule is Cc1nnc(-c2ncccc2OCC(O)CNC(C)(C)C)o1. The summed E-state index contributed by atoms with van der Waals surface area (Å²) in [5, 5.41) is 20.9. The number of ether oxygens (including phenoxy) is 1. The molecule has 0 aromatic carbocycles. The van der Waals surface area contributed by atoms with E-state index in [0.717, 1.165) is 0 Å². The summed E-state index contributed by atoms with van der Waals surface area (Å²) in [5.41, 5.74) is 0.418. The molecule has 0 aliphatic carbocycles. The fourth-order valence-electron chi connectivity index (χ4n) is 1.73. The monoisotopic (exact) mass is 306 g/mol. The molecule has 0 aliphatic rings. The predicted molar refractivity (Wildman–Crippen MR) is 81.5 cm³/mol. The van der Waals surface area contributed by atoms with Gasteiger partial charge in [0.25, 0.3) is 5.89 Å². The van der Waals surface area contributed by atoms with Gasteiger partial charge in [0.15, 0.2) is 11.4 Å². The molecule has 7 nitrogen and oxygen atoms in total. The molecule has 1 atom stereocenters. The number of hydrogen-bond donors (Lipinski definition) is 2. The minimum absolute atomic E-state index is 0.0538. The van der Waals surface area contributed by atoms with Crippen LogP contribution in [0.5, 0.6) is 5.75 Å². The maximum absolute atomic E-state index is 9.98. The Kier molecular flexibility index (Phi) is 5.10. The second-order valence-corrected chi connectivity index (χ2v) is 6.07. The van der Waals surface area contributed by atoms with Crippen molar-refractivity contribution in [1.29, 1.82) is 0 Å². The lowest BCUT2D eigenvalue weighted by Gasteiger charge is -2.23. The molecule has 2 rings (SSSR count). The number of aryl methyl sites for hydroxylation is 1. The Hall–Kier alpha value is -1.99. The van der Waals surface area contributed by atoms with Gasteiger partial charge in [-0.05, 0) is 32.9 Å². The normalized spacial score (nSPS) is 13.1. The number of nitrogens with one attached hydrogen (secondary N) is 1. The molecule has 0 amide bonds.